The molecule has 0 spiro atoms. The number of hydrogen-bond acceptors (Lipinski definition) is 8. The lowest BCUT2D eigenvalue weighted by molar-refractivity contribution is 0.355. The number of H-pyrrole nitrogens is 1. The Hall–Kier alpha value is -3.20. The van der Waals surface area contributed by atoms with Crippen LogP contribution in [0.15, 0.2) is 23.3 Å². The van der Waals surface area contributed by atoms with E-state index >= 15 is 0 Å². The van der Waals surface area contributed by atoms with Crippen molar-refractivity contribution < 1.29 is 9.47 Å². The van der Waals surface area contributed by atoms with Gasteiger partial charge in [0.15, 0.2) is 11.5 Å². The summed E-state index contributed by atoms with van der Waals surface area (Å²) in [5.74, 6) is 2.52. The van der Waals surface area contributed by atoms with Crippen molar-refractivity contribution in [1.29, 1.82) is 0 Å². The van der Waals surface area contributed by atoms with E-state index in [0.717, 1.165) is 35.4 Å². The normalized spacial score (nSPS) is 13.0. The summed E-state index contributed by atoms with van der Waals surface area (Å²) < 4.78 is 10.7. The van der Waals surface area contributed by atoms with Gasteiger partial charge in [0.1, 0.15) is 22.8 Å². The maximum absolute atomic E-state index is 12.8. The molecule has 8 nitrogen and oxygen atoms in total. The molecule has 0 aliphatic heterocycles. The van der Waals surface area contributed by atoms with Crippen molar-refractivity contribution in [1.82, 2.24) is 19.9 Å². The Bertz CT molecular complexity index is 1350. The fourth-order valence-corrected chi connectivity index (χ4v) is 5.48. The van der Waals surface area contributed by atoms with Gasteiger partial charge in [0, 0.05) is 17.5 Å². The first-order valence-corrected chi connectivity index (χ1v) is 11.1. The van der Waals surface area contributed by atoms with Gasteiger partial charge in [0.25, 0.3) is 5.56 Å². The van der Waals surface area contributed by atoms with E-state index in [2.05, 4.69) is 26.8 Å². The fraction of sp³-hybridized carbons (Fsp3) is 0.364. The largest absolute Gasteiger partial charge is 0.493 e. The lowest BCUT2D eigenvalue weighted by Gasteiger charge is -2.22. The number of aromatic amines is 1. The monoisotopic (exact) mass is 437 g/mol. The minimum atomic E-state index is -0.207. The van der Waals surface area contributed by atoms with Crippen LogP contribution in [0.25, 0.3) is 21.1 Å². The van der Waals surface area contributed by atoms with Crippen LogP contribution in [0.2, 0.25) is 0 Å². The molecule has 4 aromatic rings. The first-order chi connectivity index (χ1) is 15.1. The summed E-state index contributed by atoms with van der Waals surface area (Å²) in [5, 5.41) is 1.61. The number of aryl methyl sites for hydroxylation is 2. The topological polar surface area (TPSA) is 93.2 Å². The molecule has 160 valence electrons. The predicted octanol–water partition coefficient (Wildman–Crippen LogP) is 3.46. The van der Waals surface area contributed by atoms with E-state index < -0.39 is 0 Å². The highest BCUT2D eigenvalue weighted by Crippen LogP contribution is 2.40. The summed E-state index contributed by atoms with van der Waals surface area (Å²) in [6, 6.07) is 3.39. The zero-order valence-electron chi connectivity index (χ0n) is 17.7. The second kappa shape index (κ2) is 7.81. The van der Waals surface area contributed by atoms with E-state index in [1.165, 1.54) is 16.9 Å². The Labute approximate surface area is 182 Å². The molecular formula is C22H23N5O3S. The molecule has 0 saturated carbocycles. The highest BCUT2D eigenvalue weighted by molar-refractivity contribution is 7.19. The summed E-state index contributed by atoms with van der Waals surface area (Å²) >= 11 is 1.77. The maximum atomic E-state index is 12.8. The number of thiophene rings is 1. The Kier molecular flexibility index (Phi) is 4.97. The summed E-state index contributed by atoms with van der Waals surface area (Å²) in [6.07, 6.45) is 4.99. The van der Waals surface area contributed by atoms with E-state index in [1.54, 1.807) is 44.0 Å². The molecule has 1 N–H and O–H groups in total. The van der Waals surface area contributed by atoms with Crippen LogP contribution >= 0.6 is 11.3 Å². The standard InChI is InChI=1S/C22H23N5O3S/c1-4-27(20-19-12-6-5-7-17(12)31-22(19)24-11-23-20)10-18-25-14-9-16(30-3)15(29-2)8-13(14)21(28)26-18/h8-9,11H,4-7,10H2,1-3H3,(H,25,26,28). The van der Waals surface area contributed by atoms with E-state index in [9.17, 15) is 4.79 Å². The summed E-state index contributed by atoms with van der Waals surface area (Å²) in [5.41, 5.74) is 1.74. The van der Waals surface area contributed by atoms with Crippen molar-refractivity contribution in [2.45, 2.75) is 32.7 Å². The fourth-order valence-electron chi connectivity index (χ4n) is 4.26. The molecule has 9 heteroatoms. The van der Waals surface area contributed by atoms with Gasteiger partial charge in [0.2, 0.25) is 0 Å². The highest BCUT2D eigenvalue weighted by atomic mass is 32.1. The first-order valence-electron chi connectivity index (χ1n) is 10.3. The summed E-state index contributed by atoms with van der Waals surface area (Å²) in [4.78, 5) is 34.1. The van der Waals surface area contributed by atoms with Gasteiger partial charge in [-0.25, -0.2) is 15.0 Å². The van der Waals surface area contributed by atoms with Crippen LogP contribution < -0.4 is 19.9 Å². The smallest absolute Gasteiger partial charge is 0.258 e. The Morgan fingerprint density at radius 3 is 2.74 bits per heavy atom. The molecule has 0 atom stereocenters. The molecule has 5 rings (SSSR count). The van der Waals surface area contributed by atoms with Crippen molar-refractivity contribution in [3.8, 4) is 11.5 Å². The summed E-state index contributed by atoms with van der Waals surface area (Å²) in [6.45, 7) is 3.24. The lowest BCUT2D eigenvalue weighted by atomic mass is 10.2. The predicted molar refractivity (Wildman–Crippen MR) is 122 cm³/mol. The minimum Gasteiger partial charge on any atom is -0.493 e. The van der Waals surface area contributed by atoms with Crippen LogP contribution in [0.3, 0.4) is 0 Å². The number of aromatic nitrogens is 4. The Morgan fingerprint density at radius 1 is 1.16 bits per heavy atom. The molecular weight excluding hydrogens is 414 g/mol. The van der Waals surface area contributed by atoms with Crippen molar-refractivity contribution >= 4 is 38.3 Å². The molecule has 3 aromatic heterocycles. The van der Waals surface area contributed by atoms with Crippen molar-refractivity contribution in [2.75, 3.05) is 25.7 Å². The molecule has 0 fully saturated rings. The number of anilines is 1. The minimum absolute atomic E-state index is 0.207. The molecule has 31 heavy (non-hydrogen) atoms. The average molecular weight is 438 g/mol. The average Bonchev–Trinajstić information content (AvgIpc) is 3.37. The third kappa shape index (κ3) is 3.29. The van der Waals surface area contributed by atoms with Crippen LogP contribution in [-0.2, 0) is 19.4 Å². The maximum Gasteiger partial charge on any atom is 0.258 e. The Morgan fingerprint density at radius 2 is 1.97 bits per heavy atom. The number of benzene rings is 1. The summed E-state index contributed by atoms with van der Waals surface area (Å²) in [7, 11) is 3.11. The molecule has 0 bridgehead atoms. The molecule has 0 unspecified atom stereocenters. The molecule has 0 saturated heterocycles. The van der Waals surface area contributed by atoms with Gasteiger partial charge >= 0.3 is 0 Å². The first kappa shape index (κ1) is 19.7. The molecule has 0 radical (unpaired) electrons. The SMILES string of the molecule is CCN(Cc1nc2cc(OC)c(OC)cc2c(=O)[nH]1)c1ncnc2sc3c(c12)CCC3. The van der Waals surface area contributed by atoms with Gasteiger partial charge in [-0.1, -0.05) is 0 Å². The Balaban J connectivity index is 1.57. The second-order valence-electron chi connectivity index (χ2n) is 7.49. The zero-order valence-corrected chi connectivity index (χ0v) is 18.5. The molecule has 0 amide bonds. The third-order valence-electron chi connectivity index (χ3n) is 5.76. The van der Waals surface area contributed by atoms with E-state index in [0.29, 0.717) is 34.8 Å². The van der Waals surface area contributed by atoms with Gasteiger partial charge in [-0.15, -0.1) is 11.3 Å². The van der Waals surface area contributed by atoms with E-state index in [4.69, 9.17) is 14.5 Å². The lowest BCUT2D eigenvalue weighted by Crippen LogP contribution is -2.26. The van der Waals surface area contributed by atoms with Crippen LogP contribution in [-0.4, -0.2) is 40.7 Å². The zero-order chi connectivity index (χ0) is 21.5. The van der Waals surface area contributed by atoms with Crippen LogP contribution in [0.5, 0.6) is 11.5 Å². The molecule has 1 aliphatic rings. The molecule has 3 heterocycles. The third-order valence-corrected chi connectivity index (χ3v) is 6.96. The van der Waals surface area contributed by atoms with Crippen LogP contribution in [0, 0.1) is 0 Å². The van der Waals surface area contributed by atoms with E-state index in [-0.39, 0.29) is 5.56 Å². The second-order valence-corrected chi connectivity index (χ2v) is 8.57. The number of hydrogen-bond donors (Lipinski definition) is 1. The number of rotatable bonds is 6. The van der Waals surface area contributed by atoms with Gasteiger partial charge in [0.05, 0.1) is 37.1 Å². The van der Waals surface area contributed by atoms with Crippen LogP contribution in [0.1, 0.15) is 29.6 Å². The van der Waals surface area contributed by atoms with Gasteiger partial charge in [-0.05, 0) is 37.8 Å². The van der Waals surface area contributed by atoms with E-state index in [1.807, 2.05) is 0 Å². The molecule has 1 aliphatic carbocycles. The number of ether oxygens (including phenoxy) is 2. The van der Waals surface area contributed by atoms with Gasteiger partial charge in [-0.2, -0.15) is 0 Å². The van der Waals surface area contributed by atoms with Crippen molar-refractivity contribution in [2.24, 2.45) is 0 Å². The highest BCUT2D eigenvalue weighted by Gasteiger charge is 2.23. The number of fused-ring (bicyclic) bond motifs is 4. The van der Waals surface area contributed by atoms with Gasteiger partial charge < -0.3 is 19.4 Å². The van der Waals surface area contributed by atoms with Crippen molar-refractivity contribution in [3.63, 3.8) is 0 Å². The number of nitrogens with zero attached hydrogens (tertiary/aromatic N) is 4. The van der Waals surface area contributed by atoms with Gasteiger partial charge in [-0.3, -0.25) is 4.79 Å². The number of nitrogens with one attached hydrogen (secondary N) is 1. The number of methoxy groups -OCH3 is 2. The van der Waals surface area contributed by atoms with Crippen LogP contribution in [0.4, 0.5) is 5.82 Å². The molecule has 1 aromatic carbocycles. The quantitative estimate of drug-likeness (QED) is 0.494. The van der Waals surface area contributed by atoms with Crippen molar-refractivity contribution in [3.05, 3.63) is 45.1 Å².